The summed E-state index contributed by atoms with van der Waals surface area (Å²) in [5, 5.41) is 6.13. The van der Waals surface area contributed by atoms with Crippen LogP contribution in [0, 0.1) is 6.92 Å². The number of nitrogens with one attached hydrogen (secondary N) is 1. The summed E-state index contributed by atoms with van der Waals surface area (Å²) < 4.78 is 20.2. The topological polar surface area (TPSA) is 99.9 Å². The van der Waals surface area contributed by atoms with Gasteiger partial charge < -0.3 is 24.1 Å². The van der Waals surface area contributed by atoms with Crippen molar-refractivity contribution in [1.29, 1.82) is 0 Å². The number of hydrogen-bond donors (Lipinski definition) is 1. The molecule has 0 aliphatic carbocycles. The van der Waals surface area contributed by atoms with Crippen molar-refractivity contribution in [3.05, 3.63) is 35.6 Å². The molecule has 2 aromatic rings. The van der Waals surface area contributed by atoms with Gasteiger partial charge >= 0.3 is 5.97 Å². The molecule has 1 heterocycles. The van der Waals surface area contributed by atoms with Gasteiger partial charge in [-0.1, -0.05) is 5.16 Å². The monoisotopic (exact) mass is 334 g/mol. The van der Waals surface area contributed by atoms with E-state index < -0.39 is 18.0 Å². The van der Waals surface area contributed by atoms with Gasteiger partial charge in [0, 0.05) is 12.1 Å². The average Bonchev–Trinajstić information content (AvgIpc) is 2.98. The minimum atomic E-state index is -1.03. The third-order valence-corrected chi connectivity index (χ3v) is 3.16. The number of anilines is 1. The van der Waals surface area contributed by atoms with Gasteiger partial charge in [-0.25, -0.2) is 4.79 Å². The summed E-state index contributed by atoms with van der Waals surface area (Å²) in [5.41, 5.74) is 0.190. The second kappa shape index (κ2) is 7.49. The Labute approximate surface area is 138 Å². The molecule has 2 rings (SSSR count). The minimum absolute atomic E-state index is 0.190. The van der Waals surface area contributed by atoms with Gasteiger partial charge in [0.1, 0.15) is 22.8 Å². The van der Waals surface area contributed by atoms with Crippen LogP contribution in [-0.4, -0.2) is 37.4 Å². The van der Waals surface area contributed by atoms with E-state index in [0.717, 1.165) is 0 Å². The summed E-state index contributed by atoms with van der Waals surface area (Å²) in [5.74, 6) is 0.424. The summed E-state index contributed by atoms with van der Waals surface area (Å²) in [6.07, 6.45) is -1.03. The highest BCUT2D eigenvalue weighted by Gasteiger charge is 2.22. The van der Waals surface area contributed by atoms with Gasteiger partial charge in [-0.3, -0.25) is 4.79 Å². The van der Waals surface area contributed by atoms with Crippen molar-refractivity contribution >= 4 is 17.7 Å². The Kier molecular flexibility index (Phi) is 5.41. The highest BCUT2D eigenvalue weighted by Crippen LogP contribution is 2.25. The number of carbonyl (C=O) groups is 2. The van der Waals surface area contributed by atoms with Gasteiger partial charge in [0.25, 0.3) is 5.91 Å². The van der Waals surface area contributed by atoms with Crippen LogP contribution < -0.4 is 14.8 Å². The molecule has 1 aromatic carbocycles. The molecular formula is C16H18N2O6. The maximum Gasteiger partial charge on any atom is 0.342 e. The lowest BCUT2D eigenvalue weighted by Crippen LogP contribution is -2.30. The highest BCUT2D eigenvalue weighted by atomic mass is 16.5. The van der Waals surface area contributed by atoms with E-state index in [1.54, 1.807) is 25.1 Å². The van der Waals surface area contributed by atoms with E-state index in [1.165, 1.54) is 27.2 Å². The zero-order valence-electron chi connectivity index (χ0n) is 13.8. The van der Waals surface area contributed by atoms with E-state index in [-0.39, 0.29) is 11.4 Å². The zero-order valence-corrected chi connectivity index (χ0v) is 13.8. The Morgan fingerprint density at radius 2 is 1.96 bits per heavy atom. The SMILES string of the molecule is COc1ccc(C(=O)OC(C)C(=O)Nc2cc(C)on2)c(OC)c1. The third kappa shape index (κ3) is 4.03. The number of benzene rings is 1. The molecule has 128 valence electrons. The fourth-order valence-corrected chi connectivity index (χ4v) is 1.90. The van der Waals surface area contributed by atoms with Crippen LogP contribution in [0.3, 0.4) is 0 Å². The van der Waals surface area contributed by atoms with Crippen molar-refractivity contribution in [1.82, 2.24) is 5.16 Å². The second-order valence-corrected chi connectivity index (χ2v) is 4.93. The average molecular weight is 334 g/mol. The summed E-state index contributed by atoms with van der Waals surface area (Å²) in [7, 11) is 2.93. The van der Waals surface area contributed by atoms with Crippen LogP contribution in [0.4, 0.5) is 5.82 Å². The first-order chi connectivity index (χ1) is 11.4. The number of hydrogen-bond acceptors (Lipinski definition) is 7. The molecule has 0 bridgehead atoms. The second-order valence-electron chi connectivity index (χ2n) is 4.93. The molecule has 24 heavy (non-hydrogen) atoms. The standard InChI is InChI=1S/C16H18N2O6/c1-9-7-14(18-24-9)17-15(19)10(2)23-16(20)12-6-5-11(21-3)8-13(12)22-4/h5-8,10H,1-4H3,(H,17,18,19). The first-order valence-electron chi connectivity index (χ1n) is 7.11. The van der Waals surface area contributed by atoms with E-state index in [9.17, 15) is 9.59 Å². The van der Waals surface area contributed by atoms with Crippen molar-refractivity contribution in [3.63, 3.8) is 0 Å². The molecule has 1 aromatic heterocycles. The highest BCUT2D eigenvalue weighted by molar-refractivity contribution is 5.98. The van der Waals surface area contributed by atoms with E-state index in [2.05, 4.69) is 10.5 Å². The minimum Gasteiger partial charge on any atom is -0.497 e. The molecule has 1 amide bonds. The lowest BCUT2D eigenvalue weighted by molar-refractivity contribution is -0.123. The lowest BCUT2D eigenvalue weighted by atomic mass is 10.2. The molecule has 1 N–H and O–H groups in total. The first kappa shape index (κ1) is 17.3. The van der Waals surface area contributed by atoms with Gasteiger partial charge in [-0.2, -0.15) is 0 Å². The van der Waals surface area contributed by atoms with Crippen molar-refractivity contribution < 1.29 is 28.3 Å². The molecule has 1 unspecified atom stereocenters. The van der Waals surface area contributed by atoms with Crippen LogP contribution in [-0.2, 0) is 9.53 Å². The Morgan fingerprint density at radius 3 is 2.54 bits per heavy atom. The molecule has 0 radical (unpaired) electrons. The summed E-state index contributed by atoms with van der Waals surface area (Å²) in [6.45, 7) is 3.15. The van der Waals surface area contributed by atoms with Crippen molar-refractivity contribution in [3.8, 4) is 11.5 Å². The van der Waals surface area contributed by atoms with Gasteiger partial charge in [0.05, 0.1) is 14.2 Å². The molecule has 0 saturated heterocycles. The van der Waals surface area contributed by atoms with E-state index >= 15 is 0 Å². The van der Waals surface area contributed by atoms with Crippen molar-refractivity contribution in [2.24, 2.45) is 0 Å². The largest absolute Gasteiger partial charge is 0.497 e. The number of amides is 1. The number of aryl methyl sites for hydroxylation is 1. The van der Waals surface area contributed by atoms with E-state index in [4.69, 9.17) is 18.7 Å². The van der Waals surface area contributed by atoms with Crippen molar-refractivity contribution in [2.75, 3.05) is 19.5 Å². The number of ether oxygens (including phenoxy) is 3. The Bertz CT molecular complexity index is 740. The fourth-order valence-electron chi connectivity index (χ4n) is 1.90. The molecule has 0 fully saturated rings. The summed E-state index contributed by atoms with van der Waals surface area (Å²) in [4.78, 5) is 24.3. The van der Waals surface area contributed by atoms with Crippen LogP contribution in [0.25, 0.3) is 0 Å². The number of esters is 1. The van der Waals surface area contributed by atoms with Gasteiger partial charge in [0.2, 0.25) is 0 Å². The van der Waals surface area contributed by atoms with E-state index in [0.29, 0.717) is 17.3 Å². The van der Waals surface area contributed by atoms with Crippen molar-refractivity contribution in [2.45, 2.75) is 20.0 Å². The fraction of sp³-hybridized carbons (Fsp3) is 0.312. The first-order valence-corrected chi connectivity index (χ1v) is 7.11. The van der Waals surface area contributed by atoms with Gasteiger partial charge in [-0.05, 0) is 26.0 Å². The smallest absolute Gasteiger partial charge is 0.342 e. The lowest BCUT2D eigenvalue weighted by Gasteiger charge is -2.14. The molecule has 0 aliphatic heterocycles. The molecule has 8 nitrogen and oxygen atoms in total. The third-order valence-electron chi connectivity index (χ3n) is 3.16. The number of nitrogens with zero attached hydrogens (tertiary/aromatic N) is 1. The number of aromatic nitrogens is 1. The quantitative estimate of drug-likeness (QED) is 0.808. The maximum absolute atomic E-state index is 12.2. The van der Waals surface area contributed by atoms with Crippen LogP contribution in [0.1, 0.15) is 23.0 Å². The molecule has 0 saturated carbocycles. The molecule has 8 heteroatoms. The number of rotatable bonds is 6. The van der Waals surface area contributed by atoms with Crippen LogP contribution in [0.5, 0.6) is 11.5 Å². The predicted octanol–water partition coefficient (Wildman–Crippen LogP) is 2.18. The van der Waals surface area contributed by atoms with Crippen LogP contribution in [0.2, 0.25) is 0 Å². The maximum atomic E-state index is 12.2. The summed E-state index contributed by atoms with van der Waals surface area (Å²) >= 11 is 0. The van der Waals surface area contributed by atoms with Gasteiger partial charge in [-0.15, -0.1) is 0 Å². The Hall–Kier alpha value is -3.03. The Morgan fingerprint density at radius 1 is 1.21 bits per heavy atom. The zero-order chi connectivity index (χ0) is 17.7. The molecular weight excluding hydrogens is 316 g/mol. The number of methoxy groups -OCH3 is 2. The molecule has 0 aliphatic rings. The number of carbonyl (C=O) groups excluding carboxylic acids is 2. The molecule has 0 spiro atoms. The van der Waals surface area contributed by atoms with E-state index in [1.807, 2.05) is 0 Å². The molecule has 1 atom stereocenters. The van der Waals surface area contributed by atoms with Crippen LogP contribution in [0.15, 0.2) is 28.8 Å². The predicted molar refractivity (Wildman–Crippen MR) is 84.3 cm³/mol. The summed E-state index contributed by atoms with van der Waals surface area (Å²) in [6, 6.07) is 6.21. The Balaban J connectivity index is 2.04. The normalized spacial score (nSPS) is 11.5. The van der Waals surface area contributed by atoms with Crippen LogP contribution >= 0.6 is 0 Å². The van der Waals surface area contributed by atoms with Gasteiger partial charge in [0.15, 0.2) is 11.9 Å².